The van der Waals surface area contributed by atoms with Gasteiger partial charge in [-0.1, -0.05) is 55.5 Å². The predicted octanol–water partition coefficient (Wildman–Crippen LogP) is 4.84. The Morgan fingerprint density at radius 3 is 2.38 bits per heavy atom. The third-order valence-electron chi connectivity index (χ3n) is 3.59. The zero-order chi connectivity index (χ0) is 14.8. The summed E-state index contributed by atoms with van der Waals surface area (Å²) in [5.74, 6) is 0. The van der Waals surface area contributed by atoms with Gasteiger partial charge in [-0.05, 0) is 29.7 Å². The van der Waals surface area contributed by atoms with Crippen molar-refractivity contribution in [3.05, 3.63) is 65.7 Å². The van der Waals surface area contributed by atoms with E-state index in [-0.39, 0.29) is 0 Å². The second-order valence-corrected chi connectivity index (χ2v) is 5.17. The van der Waals surface area contributed by atoms with Crippen molar-refractivity contribution in [1.82, 2.24) is 4.98 Å². The highest BCUT2D eigenvalue weighted by Gasteiger charge is 2.18. The highest BCUT2D eigenvalue weighted by molar-refractivity contribution is 6.68. The van der Waals surface area contributed by atoms with Crippen molar-refractivity contribution in [1.29, 1.82) is 0 Å². The van der Waals surface area contributed by atoms with Crippen LogP contribution in [0.4, 0.5) is 0 Å². The molecule has 0 bridgehead atoms. The second kappa shape index (κ2) is 5.66. The zero-order valence-corrected chi connectivity index (χ0v) is 12.4. The minimum Gasteiger partial charge on any atom is -0.276 e. The average molecular weight is 296 g/mol. The molecule has 0 aliphatic rings. The first kappa shape index (κ1) is 13.8. The van der Waals surface area contributed by atoms with Crippen molar-refractivity contribution >= 4 is 27.7 Å². The molecule has 0 amide bonds. The van der Waals surface area contributed by atoms with Crippen LogP contribution in [0.2, 0.25) is 0 Å². The quantitative estimate of drug-likeness (QED) is 0.647. The summed E-state index contributed by atoms with van der Waals surface area (Å²) in [6, 6.07) is 17.5. The Kier molecular flexibility index (Phi) is 3.72. The molecule has 0 aliphatic carbocycles. The number of para-hydroxylation sites is 1. The lowest BCUT2D eigenvalue weighted by atomic mass is 9.96. The number of halogens is 1. The number of hydrogen-bond acceptors (Lipinski definition) is 2. The van der Waals surface area contributed by atoms with Gasteiger partial charge in [0.25, 0.3) is 5.24 Å². The Hall–Kier alpha value is -2.19. The van der Waals surface area contributed by atoms with E-state index in [1.54, 1.807) is 0 Å². The molecular weight excluding hydrogens is 282 g/mol. The summed E-state index contributed by atoms with van der Waals surface area (Å²) < 4.78 is 0. The summed E-state index contributed by atoms with van der Waals surface area (Å²) in [7, 11) is 0. The number of pyridine rings is 1. The standard InChI is InChI=1S/C18H14ClNO/c1-2-13-16(18(19)21)14-10-6-7-11-15(14)20-17(13)12-8-4-3-5-9-12/h3-11H,2H2,1H3. The van der Waals surface area contributed by atoms with Crippen LogP contribution in [0.5, 0.6) is 0 Å². The number of aromatic nitrogens is 1. The molecule has 1 heterocycles. The highest BCUT2D eigenvalue weighted by Crippen LogP contribution is 2.31. The summed E-state index contributed by atoms with van der Waals surface area (Å²) >= 11 is 5.86. The van der Waals surface area contributed by atoms with Crippen molar-refractivity contribution in [2.24, 2.45) is 0 Å². The van der Waals surface area contributed by atoms with Crippen LogP contribution in [0, 0.1) is 0 Å². The molecule has 2 nitrogen and oxygen atoms in total. The van der Waals surface area contributed by atoms with E-state index >= 15 is 0 Å². The predicted molar refractivity (Wildman–Crippen MR) is 86.7 cm³/mol. The first-order chi connectivity index (χ1) is 10.2. The molecule has 3 heteroatoms. The summed E-state index contributed by atoms with van der Waals surface area (Å²) in [5, 5.41) is 0.386. The second-order valence-electron chi connectivity index (χ2n) is 4.82. The van der Waals surface area contributed by atoms with Gasteiger partial charge in [0.1, 0.15) is 0 Å². The van der Waals surface area contributed by atoms with Gasteiger partial charge in [0.15, 0.2) is 0 Å². The number of nitrogens with zero attached hydrogens (tertiary/aromatic N) is 1. The van der Waals surface area contributed by atoms with Crippen LogP contribution in [-0.2, 0) is 6.42 Å². The Labute approximate surface area is 128 Å². The topological polar surface area (TPSA) is 30.0 Å². The smallest absolute Gasteiger partial charge is 0.253 e. The molecule has 1 aromatic heterocycles. The maximum Gasteiger partial charge on any atom is 0.253 e. The highest BCUT2D eigenvalue weighted by atomic mass is 35.5. The molecule has 0 aliphatic heterocycles. The van der Waals surface area contributed by atoms with Crippen LogP contribution in [0.3, 0.4) is 0 Å². The van der Waals surface area contributed by atoms with Crippen LogP contribution >= 0.6 is 11.6 Å². The fraction of sp³-hybridized carbons (Fsp3) is 0.111. The van der Waals surface area contributed by atoms with Gasteiger partial charge < -0.3 is 0 Å². The molecule has 0 saturated heterocycles. The van der Waals surface area contributed by atoms with E-state index in [9.17, 15) is 4.79 Å². The van der Waals surface area contributed by atoms with Gasteiger partial charge in [-0.25, -0.2) is 4.98 Å². The number of hydrogen-bond donors (Lipinski definition) is 0. The van der Waals surface area contributed by atoms with E-state index in [0.29, 0.717) is 12.0 Å². The normalized spacial score (nSPS) is 10.8. The SMILES string of the molecule is CCc1c(-c2ccccc2)nc2ccccc2c1C(=O)Cl. The lowest BCUT2D eigenvalue weighted by Crippen LogP contribution is -2.03. The molecule has 3 aromatic rings. The van der Waals surface area contributed by atoms with Gasteiger partial charge in [-0.3, -0.25) is 4.79 Å². The van der Waals surface area contributed by atoms with Crippen molar-refractivity contribution in [2.75, 3.05) is 0 Å². The van der Waals surface area contributed by atoms with Gasteiger partial charge in [0.05, 0.1) is 11.2 Å². The Balaban J connectivity index is 2.43. The Morgan fingerprint density at radius 1 is 1.05 bits per heavy atom. The number of fused-ring (bicyclic) bond motifs is 1. The molecular formula is C18H14ClNO. The molecule has 0 N–H and O–H groups in total. The van der Waals surface area contributed by atoms with E-state index in [1.807, 2.05) is 61.5 Å². The maximum atomic E-state index is 12.0. The summed E-state index contributed by atoms with van der Waals surface area (Å²) in [6.07, 6.45) is 0.704. The summed E-state index contributed by atoms with van der Waals surface area (Å²) in [6.45, 7) is 2.02. The maximum absolute atomic E-state index is 12.0. The molecule has 0 spiro atoms. The molecule has 3 rings (SSSR count). The molecule has 104 valence electrons. The lowest BCUT2D eigenvalue weighted by molar-refractivity contribution is 0.108. The fourth-order valence-electron chi connectivity index (χ4n) is 2.65. The molecule has 0 unspecified atom stereocenters. The third-order valence-corrected chi connectivity index (χ3v) is 3.78. The lowest BCUT2D eigenvalue weighted by Gasteiger charge is -2.14. The molecule has 0 saturated carbocycles. The third kappa shape index (κ3) is 2.43. The van der Waals surface area contributed by atoms with E-state index in [1.165, 1.54) is 0 Å². The minimum absolute atomic E-state index is 0.428. The molecule has 2 aromatic carbocycles. The van der Waals surface area contributed by atoms with E-state index in [0.717, 1.165) is 27.7 Å². The summed E-state index contributed by atoms with van der Waals surface area (Å²) in [4.78, 5) is 16.7. The first-order valence-electron chi connectivity index (χ1n) is 6.89. The van der Waals surface area contributed by atoms with Gasteiger partial charge in [-0.2, -0.15) is 0 Å². The Bertz CT molecular complexity index is 812. The van der Waals surface area contributed by atoms with Gasteiger partial charge in [-0.15, -0.1) is 0 Å². The van der Waals surface area contributed by atoms with Gasteiger partial charge in [0, 0.05) is 16.5 Å². The van der Waals surface area contributed by atoms with Gasteiger partial charge >= 0.3 is 0 Å². The van der Waals surface area contributed by atoms with E-state index in [4.69, 9.17) is 16.6 Å². The van der Waals surface area contributed by atoms with Crippen molar-refractivity contribution in [3.63, 3.8) is 0 Å². The van der Waals surface area contributed by atoms with E-state index in [2.05, 4.69) is 0 Å². The number of carbonyl (C=O) groups excluding carboxylic acids is 1. The largest absolute Gasteiger partial charge is 0.276 e. The number of benzene rings is 2. The zero-order valence-electron chi connectivity index (χ0n) is 11.6. The summed E-state index contributed by atoms with van der Waals surface area (Å²) in [5.41, 5.74) is 4.10. The monoisotopic (exact) mass is 295 g/mol. The van der Waals surface area contributed by atoms with Crippen LogP contribution in [-0.4, -0.2) is 10.2 Å². The van der Waals surface area contributed by atoms with Gasteiger partial charge in [0.2, 0.25) is 0 Å². The number of carbonyl (C=O) groups is 1. The first-order valence-corrected chi connectivity index (χ1v) is 7.27. The van der Waals surface area contributed by atoms with Crippen molar-refractivity contribution in [2.45, 2.75) is 13.3 Å². The molecule has 21 heavy (non-hydrogen) atoms. The van der Waals surface area contributed by atoms with Crippen LogP contribution in [0.15, 0.2) is 54.6 Å². The fourth-order valence-corrected chi connectivity index (χ4v) is 2.87. The number of rotatable bonds is 3. The average Bonchev–Trinajstić information content (AvgIpc) is 2.53. The Morgan fingerprint density at radius 2 is 1.71 bits per heavy atom. The van der Waals surface area contributed by atoms with Crippen molar-refractivity contribution in [3.8, 4) is 11.3 Å². The molecule has 0 fully saturated rings. The molecule has 0 atom stereocenters. The van der Waals surface area contributed by atoms with Crippen molar-refractivity contribution < 1.29 is 4.79 Å². The van der Waals surface area contributed by atoms with Crippen LogP contribution in [0.1, 0.15) is 22.8 Å². The van der Waals surface area contributed by atoms with Crippen LogP contribution in [0.25, 0.3) is 22.2 Å². The minimum atomic E-state index is -0.428. The van der Waals surface area contributed by atoms with E-state index < -0.39 is 5.24 Å². The van der Waals surface area contributed by atoms with Crippen LogP contribution < -0.4 is 0 Å². The molecule has 0 radical (unpaired) electrons.